The van der Waals surface area contributed by atoms with Crippen LogP contribution in [0.25, 0.3) is 0 Å². The van der Waals surface area contributed by atoms with Gasteiger partial charge in [0.05, 0.1) is 0 Å². The van der Waals surface area contributed by atoms with Crippen molar-refractivity contribution in [1.29, 1.82) is 0 Å². The largest absolute Gasteiger partial charge is 0.0623 e. The molecule has 18 heavy (non-hydrogen) atoms. The van der Waals surface area contributed by atoms with Gasteiger partial charge < -0.3 is 0 Å². The molecule has 2 rings (SSSR count). The molecule has 1 aromatic rings. The zero-order valence-electron chi connectivity index (χ0n) is 12.5. The van der Waals surface area contributed by atoms with E-state index in [1.165, 1.54) is 48.8 Å². The maximum Gasteiger partial charge on any atom is -0.0276 e. The number of aryl methyl sites for hydroxylation is 3. The summed E-state index contributed by atoms with van der Waals surface area (Å²) in [4.78, 5) is 0. The van der Waals surface area contributed by atoms with Crippen LogP contribution in [-0.4, -0.2) is 0 Å². The van der Waals surface area contributed by atoms with Gasteiger partial charge in [-0.15, -0.1) is 0 Å². The van der Waals surface area contributed by atoms with Gasteiger partial charge in [-0.25, -0.2) is 0 Å². The Labute approximate surface area is 113 Å². The number of hydrogen-bond donors (Lipinski definition) is 0. The molecule has 0 aliphatic heterocycles. The molecule has 0 spiro atoms. The minimum atomic E-state index is 0.934. The Morgan fingerprint density at radius 1 is 1.00 bits per heavy atom. The topological polar surface area (TPSA) is 0 Å². The third-order valence-corrected chi connectivity index (χ3v) is 5.12. The molecular formula is C18H28. The van der Waals surface area contributed by atoms with Gasteiger partial charge in [-0.05, 0) is 67.6 Å². The van der Waals surface area contributed by atoms with Gasteiger partial charge in [-0.1, -0.05) is 44.9 Å². The summed E-state index contributed by atoms with van der Waals surface area (Å²) in [6.45, 7) is 9.28. The molecule has 0 saturated heterocycles. The highest BCUT2D eigenvalue weighted by atomic mass is 14.3. The number of rotatable bonds is 3. The monoisotopic (exact) mass is 244 g/mol. The van der Waals surface area contributed by atoms with Crippen LogP contribution in [0.5, 0.6) is 0 Å². The van der Waals surface area contributed by atoms with Crippen molar-refractivity contribution >= 4 is 0 Å². The summed E-state index contributed by atoms with van der Waals surface area (Å²) in [5.41, 5.74) is 4.39. The second kappa shape index (κ2) is 5.91. The van der Waals surface area contributed by atoms with Crippen molar-refractivity contribution in [2.75, 3.05) is 0 Å². The average molecular weight is 244 g/mol. The molecule has 3 atom stereocenters. The summed E-state index contributed by atoms with van der Waals surface area (Å²) in [5, 5.41) is 0. The van der Waals surface area contributed by atoms with E-state index in [2.05, 4.69) is 45.9 Å². The van der Waals surface area contributed by atoms with Gasteiger partial charge in [0.1, 0.15) is 0 Å². The fourth-order valence-electron chi connectivity index (χ4n) is 3.25. The predicted octanol–water partition coefficient (Wildman–Crippen LogP) is 5.31. The first-order valence-electron chi connectivity index (χ1n) is 7.62. The Morgan fingerprint density at radius 3 is 2.44 bits per heavy atom. The summed E-state index contributed by atoms with van der Waals surface area (Å²) in [7, 11) is 0. The Morgan fingerprint density at radius 2 is 1.78 bits per heavy atom. The zero-order chi connectivity index (χ0) is 13.1. The second-order valence-electron chi connectivity index (χ2n) is 6.59. The third kappa shape index (κ3) is 3.37. The van der Waals surface area contributed by atoms with E-state index in [0.717, 1.165) is 17.8 Å². The lowest BCUT2D eigenvalue weighted by Gasteiger charge is -2.32. The van der Waals surface area contributed by atoms with Crippen LogP contribution in [0.1, 0.15) is 56.2 Å². The highest BCUT2D eigenvalue weighted by molar-refractivity contribution is 5.29. The van der Waals surface area contributed by atoms with Gasteiger partial charge in [-0.3, -0.25) is 0 Å². The fourth-order valence-corrected chi connectivity index (χ4v) is 3.25. The first kappa shape index (κ1) is 13.6. The summed E-state index contributed by atoms with van der Waals surface area (Å²) < 4.78 is 0. The molecule has 1 saturated carbocycles. The van der Waals surface area contributed by atoms with Crippen LogP contribution in [-0.2, 0) is 6.42 Å². The Kier molecular flexibility index (Phi) is 4.48. The summed E-state index contributed by atoms with van der Waals surface area (Å²) in [5.74, 6) is 2.85. The molecule has 0 bridgehead atoms. The third-order valence-electron chi connectivity index (χ3n) is 5.12. The van der Waals surface area contributed by atoms with E-state index in [4.69, 9.17) is 0 Å². The van der Waals surface area contributed by atoms with Crippen molar-refractivity contribution in [3.8, 4) is 0 Å². The van der Waals surface area contributed by atoms with Crippen molar-refractivity contribution in [3.05, 3.63) is 34.9 Å². The molecule has 0 heteroatoms. The first-order valence-corrected chi connectivity index (χ1v) is 7.62. The normalized spacial score (nSPS) is 28.3. The van der Waals surface area contributed by atoms with Crippen LogP contribution in [0.15, 0.2) is 18.2 Å². The quantitative estimate of drug-likeness (QED) is 0.676. The second-order valence-corrected chi connectivity index (χ2v) is 6.59. The van der Waals surface area contributed by atoms with Crippen LogP contribution in [0.3, 0.4) is 0 Å². The van der Waals surface area contributed by atoms with E-state index in [1.807, 2.05) is 0 Å². The Bertz CT molecular complexity index is 391. The molecule has 0 nitrogen and oxygen atoms in total. The fraction of sp³-hybridized carbons (Fsp3) is 0.667. The number of hydrogen-bond acceptors (Lipinski definition) is 0. The molecule has 1 aromatic carbocycles. The van der Waals surface area contributed by atoms with Crippen LogP contribution in [0, 0.1) is 31.6 Å². The van der Waals surface area contributed by atoms with Gasteiger partial charge in [0.2, 0.25) is 0 Å². The van der Waals surface area contributed by atoms with Crippen molar-refractivity contribution < 1.29 is 0 Å². The van der Waals surface area contributed by atoms with Crippen molar-refractivity contribution in [1.82, 2.24) is 0 Å². The molecule has 0 aromatic heterocycles. The zero-order valence-corrected chi connectivity index (χ0v) is 12.5. The minimum Gasteiger partial charge on any atom is -0.0623 e. The van der Waals surface area contributed by atoms with E-state index in [1.54, 1.807) is 0 Å². The maximum absolute atomic E-state index is 2.44. The Hall–Kier alpha value is -0.780. The van der Waals surface area contributed by atoms with Crippen molar-refractivity contribution in [2.45, 2.75) is 59.8 Å². The molecule has 3 unspecified atom stereocenters. The predicted molar refractivity (Wildman–Crippen MR) is 79.9 cm³/mol. The van der Waals surface area contributed by atoms with Crippen molar-refractivity contribution in [3.63, 3.8) is 0 Å². The summed E-state index contributed by atoms with van der Waals surface area (Å²) >= 11 is 0. The minimum absolute atomic E-state index is 0.934. The molecule has 1 aliphatic rings. The smallest absolute Gasteiger partial charge is 0.0276 e. The van der Waals surface area contributed by atoms with Crippen LogP contribution in [0.4, 0.5) is 0 Å². The van der Waals surface area contributed by atoms with Gasteiger partial charge in [0.25, 0.3) is 0 Å². The molecule has 0 N–H and O–H groups in total. The molecule has 100 valence electrons. The lowest BCUT2D eigenvalue weighted by Crippen LogP contribution is -2.21. The van der Waals surface area contributed by atoms with E-state index in [0.29, 0.717) is 0 Å². The van der Waals surface area contributed by atoms with Crippen LogP contribution < -0.4 is 0 Å². The molecule has 1 aliphatic carbocycles. The summed E-state index contributed by atoms with van der Waals surface area (Å²) in [6, 6.07) is 6.97. The Balaban J connectivity index is 1.86. The molecule has 1 fully saturated rings. The number of benzene rings is 1. The average Bonchev–Trinajstić information content (AvgIpc) is 2.35. The van der Waals surface area contributed by atoms with E-state index < -0.39 is 0 Å². The lowest BCUT2D eigenvalue weighted by molar-refractivity contribution is 0.200. The van der Waals surface area contributed by atoms with Crippen LogP contribution in [0.2, 0.25) is 0 Å². The lowest BCUT2D eigenvalue weighted by atomic mass is 9.74. The molecule has 0 amide bonds. The van der Waals surface area contributed by atoms with E-state index >= 15 is 0 Å². The maximum atomic E-state index is 2.44. The van der Waals surface area contributed by atoms with Gasteiger partial charge >= 0.3 is 0 Å². The van der Waals surface area contributed by atoms with Gasteiger partial charge in [0, 0.05) is 0 Å². The van der Waals surface area contributed by atoms with Gasteiger partial charge in [0.15, 0.2) is 0 Å². The van der Waals surface area contributed by atoms with Crippen molar-refractivity contribution in [2.24, 2.45) is 17.8 Å². The van der Waals surface area contributed by atoms with Crippen LogP contribution >= 0.6 is 0 Å². The summed E-state index contributed by atoms with van der Waals surface area (Å²) in [6.07, 6.45) is 7.01. The molecular weight excluding hydrogens is 216 g/mol. The van der Waals surface area contributed by atoms with E-state index in [-0.39, 0.29) is 0 Å². The first-order chi connectivity index (χ1) is 8.56. The standard InChI is InChI=1S/C18H28/c1-13-5-7-17(11-15(13)3)9-10-18-8-6-14(2)16(4)12-18/h5,7,11,14,16,18H,6,8-10,12H2,1-4H3. The molecule has 0 heterocycles. The van der Waals surface area contributed by atoms with Gasteiger partial charge in [-0.2, -0.15) is 0 Å². The highest BCUT2D eigenvalue weighted by Crippen LogP contribution is 2.35. The highest BCUT2D eigenvalue weighted by Gasteiger charge is 2.24. The van der Waals surface area contributed by atoms with E-state index in [9.17, 15) is 0 Å². The molecule has 0 radical (unpaired) electrons. The SMILES string of the molecule is Cc1ccc(CCC2CCC(C)C(C)C2)cc1C.